The molecule has 1 amide bonds. The van der Waals surface area contributed by atoms with Crippen molar-refractivity contribution in [2.24, 2.45) is 0 Å². The lowest BCUT2D eigenvalue weighted by molar-refractivity contribution is -0.121. The first kappa shape index (κ1) is 14.4. The SMILES string of the molecule is COCCCCNCC(=O)NC(C)(C)C. The molecule has 0 aliphatic carbocycles. The molecule has 0 aromatic carbocycles. The van der Waals surface area contributed by atoms with E-state index in [4.69, 9.17) is 4.74 Å². The molecule has 0 atom stereocenters. The minimum atomic E-state index is -0.144. The molecular formula is C11H24N2O2. The fourth-order valence-corrected chi connectivity index (χ4v) is 1.16. The smallest absolute Gasteiger partial charge is 0.234 e. The highest BCUT2D eigenvalue weighted by atomic mass is 16.5. The van der Waals surface area contributed by atoms with E-state index < -0.39 is 0 Å². The van der Waals surface area contributed by atoms with Gasteiger partial charge in [-0.3, -0.25) is 4.79 Å². The fourth-order valence-electron chi connectivity index (χ4n) is 1.16. The monoisotopic (exact) mass is 216 g/mol. The first-order valence-corrected chi connectivity index (χ1v) is 5.46. The van der Waals surface area contributed by atoms with Crippen molar-refractivity contribution in [2.75, 3.05) is 26.8 Å². The summed E-state index contributed by atoms with van der Waals surface area (Å²) in [4.78, 5) is 11.3. The van der Waals surface area contributed by atoms with E-state index in [9.17, 15) is 4.79 Å². The van der Waals surface area contributed by atoms with Crippen LogP contribution in [0.25, 0.3) is 0 Å². The Morgan fingerprint density at radius 3 is 2.47 bits per heavy atom. The van der Waals surface area contributed by atoms with Crippen molar-refractivity contribution in [1.82, 2.24) is 10.6 Å². The van der Waals surface area contributed by atoms with Gasteiger partial charge in [0.15, 0.2) is 0 Å². The van der Waals surface area contributed by atoms with Crippen molar-refractivity contribution in [1.29, 1.82) is 0 Å². The van der Waals surface area contributed by atoms with Gasteiger partial charge in [0, 0.05) is 19.3 Å². The van der Waals surface area contributed by atoms with Crippen LogP contribution in [-0.4, -0.2) is 38.3 Å². The molecule has 0 aliphatic heterocycles. The maximum atomic E-state index is 11.3. The van der Waals surface area contributed by atoms with Crippen LogP contribution >= 0.6 is 0 Å². The summed E-state index contributed by atoms with van der Waals surface area (Å²) in [5, 5.41) is 5.99. The van der Waals surface area contributed by atoms with Gasteiger partial charge in [0.25, 0.3) is 0 Å². The van der Waals surface area contributed by atoms with Crippen molar-refractivity contribution in [3.8, 4) is 0 Å². The van der Waals surface area contributed by atoms with Crippen molar-refractivity contribution >= 4 is 5.91 Å². The normalized spacial score (nSPS) is 11.5. The third-order valence-electron chi connectivity index (χ3n) is 1.75. The molecule has 0 heterocycles. The summed E-state index contributed by atoms with van der Waals surface area (Å²) >= 11 is 0. The number of ether oxygens (including phenoxy) is 1. The van der Waals surface area contributed by atoms with Crippen LogP contribution in [0.4, 0.5) is 0 Å². The van der Waals surface area contributed by atoms with E-state index >= 15 is 0 Å². The third kappa shape index (κ3) is 11.3. The fraction of sp³-hybridized carbons (Fsp3) is 0.909. The largest absolute Gasteiger partial charge is 0.385 e. The molecular weight excluding hydrogens is 192 g/mol. The maximum absolute atomic E-state index is 11.3. The zero-order chi connectivity index (χ0) is 11.7. The van der Waals surface area contributed by atoms with E-state index in [1.807, 2.05) is 20.8 Å². The molecule has 0 unspecified atom stereocenters. The standard InChI is InChI=1S/C11H24N2O2/c1-11(2,3)13-10(14)9-12-7-5-6-8-15-4/h12H,5-9H2,1-4H3,(H,13,14). The van der Waals surface area contributed by atoms with Crippen LogP contribution in [0.5, 0.6) is 0 Å². The Kier molecular flexibility index (Phi) is 7.34. The van der Waals surface area contributed by atoms with E-state index in [1.165, 1.54) is 0 Å². The second-order valence-corrected chi connectivity index (χ2v) is 4.67. The molecule has 4 heteroatoms. The summed E-state index contributed by atoms with van der Waals surface area (Å²) < 4.78 is 4.93. The first-order valence-electron chi connectivity index (χ1n) is 5.46. The van der Waals surface area contributed by atoms with Crippen LogP contribution in [0.15, 0.2) is 0 Å². The number of amides is 1. The zero-order valence-electron chi connectivity index (χ0n) is 10.4. The minimum Gasteiger partial charge on any atom is -0.385 e. The molecule has 0 aliphatic rings. The Balaban J connectivity index is 3.32. The highest BCUT2D eigenvalue weighted by Crippen LogP contribution is 1.97. The van der Waals surface area contributed by atoms with Crippen LogP contribution < -0.4 is 10.6 Å². The minimum absolute atomic E-state index is 0.0502. The number of carbonyl (C=O) groups excluding carboxylic acids is 1. The van der Waals surface area contributed by atoms with E-state index in [0.717, 1.165) is 26.0 Å². The number of rotatable bonds is 7. The second kappa shape index (κ2) is 7.65. The lowest BCUT2D eigenvalue weighted by Crippen LogP contribution is -2.44. The van der Waals surface area contributed by atoms with Crippen molar-refractivity contribution < 1.29 is 9.53 Å². The molecule has 0 aromatic heterocycles. The maximum Gasteiger partial charge on any atom is 0.234 e. The predicted octanol–water partition coefficient (Wildman–Crippen LogP) is 0.917. The van der Waals surface area contributed by atoms with Crippen LogP contribution in [-0.2, 0) is 9.53 Å². The van der Waals surface area contributed by atoms with Gasteiger partial charge in [-0.1, -0.05) is 0 Å². The Morgan fingerprint density at radius 1 is 1.27 bits per heavy atom. The van der Waals surface area contributed by atoms with Gasteiger partial charge in [-0.25, -0.2) is 0 Å². The molecule has 0 radical (unpaired) electrons. The summed E-state index contributed by atoms with van der Waals surface area (Å²) in [7, 11) is 1.70. The quantitative estimate of drug-likeness (QED) is 0.622. The predicted molar refractivity (Wildman–Crippen MR) is 61.9 cm³/mol. The lowest BCUT2D eigenvalue weighted by atomic mass is 10.1. The Bertz CT molecular complexity index is 176. The van der Waals surface area contributed by atoms with E-state index in [2.05, 4.69) is 10.6 Å². The summed E-state index contributed by atoms with van der Waals surface area (Å²) in [5.41, 5.74) is -0.144. The van der Waals surface area contributed by atoms with E-state index in [1.54, 1.807) is 7.11 Å². The second-order valence-electron chi connectivity index (χ2n) is 4.67. The molecule has 2 N–H and O–H groups in total. The number of unbranched alkanes of at least 4 members (excludes halogenated alkanes) is 1. The highest BCUT2D eigenvalue weighted by molar-refractivity contribution is 5.78. The van der Waals surface area contributed by atoms with Gasteiger partial charge < -0.3 is 15.4 Å². The Hall–Kier alpha value is -0.610. The molecule has 15 heavy (non-hydrogen) atoms. The molecule has 0 bridgehead atoms. The van der Waals surface area contributed by atoms with Gasteiger partial charge in [-0.2, -0.15) is 0 Å². The number of hydrogen-bond donors (Lipinski definition) is 2. The summed E-state index contributed by atoms with van der Waals surface area (Å²) in [6.45, 7) is 7.97. The van der Waals surface area contributed by atoms with E-state index in [-0.39, 0.29) is 11.4 Å². The van der Waals surface area contributed by atoms with Gasteiger partial charge in [0.1, 0.15) is 0 Å². The Labute approximate surface area is 92.8 Å². The summed E-state index contributed by atoms with van der Waals surface area (Å²) in [6.07, 6.45) is 2.07. The molecule has 0 fully saturated rings. The van der Waals surface area contributed by atoms with Crippen LogP contribution in [0.3, 0.4) is 0 Å². The topological polar surface area (TPSA) is 50.4 Å². The lowest BCUT2D eigenvalue weighted by Gasteiger charge is -2.20. The summed E-state index contributed by atoms with van der Waals surface area (Å²) in [5.74, 6) is 0.0502. The van der Waals surface area contributed by atoms with Gasteiger partial charge >= 0.3 is 0 Å². The van der Waals surface area contributed by atoms with Crippen LogP contribution in [0.1, 0.15) is 33.6 Å². The van der Waals surface area contributed by atoms with Crippen LogP contribution in [0.2, 0.25) is 0 Å². The molecule has 0 rings (SSSR count). The molecule has 0 saturated carbocycles. The third-order valence-corrected chi connectivity index (χ3v) is 1.75. The summed E-state index contributed by atoms with van der Waals surface area (Å²) in [6, 6.07) is 0. The number of hydrogen-bond acceptors (Lipinski definition) is 3. The Morgan fingerprint density at radius 2 is 1.93 bits per heavy atom. The molecule has 0 saturated heterocycles. The van der Waals surface area contributed by atoms with Gasteiger partial charge in [-0.05, 0) is 40.2 Å². The average Bonchev–Trinajstić information content (AvgIpc) is 2.08. The zero-order valence-corrected chi connectivity index (χ0v) is 10.4. The van der Waals surface area contributed by atoms with Gasteiger partial charge in [-0.15, -0.1) is 0 Å². The van der Waals surface area contributed by atoms with Crippen molar-refractivity contribution in [2.45, 2.75) is 39.2 Å². The molecule has 90 valence electrons. The number of carbonyl (C=O) groups is 1. The van der Waals surface area contributed by atoms with E-state index in [0.29, 0.717) is 6.54 Å². The average molecular weight is 216 g/mol. The number of nitrogens with one attached hydrogen (secondary N) is 2. The van der Waals surface area contributed by atoms with Crippen molar-refractivity contribution in [3.63, 3.8) is 0 Å². The molecule has 0 aromatic rings. The van der Waals surface area contributed by atoms with Crippen molar-refractivity contribution in [3.05, 3.63) is 0 Å². The first-order chi connectivity index (χ1) is 6.95. The molecule has 4 nitrogen and oxygen atoms in total. The number of methoxy groups -OCH3 is 1. The van der Waals surface area contributed by atoms with Crippen LogP contribution in [0, 0.1) is 0 Å². The van der Waals surface area contributed by atoms with Gasteiger partial charge in [0.05, 0.1) is 6.54 Å². The molecule has 0 spiro atoms. The van der Waals surface area contributed by atoms with Gasteiger partial charge in [0.2, 0.25) is 5.91 Å². The highest BCUT2D eigenvalue weighted by Gasteiger charge is 2.12.